The van der Waals surface area contributed by atoms with Crippen LogP contribution in [-0.4, -0.2) is 25.4 Å². The van der Waals surface area contributed by atoms with Gasteiger partial charge in [-0.05, 0) is 6.42 Å². The molecule has 2 aromatic heterocycles. The highest BCUT2D eigenvalue weighted by Gasteiger charge is 2.14. The molecule has 96 valence electrons. The first-order valence-electron chi connectivity index (χ1n) is 6.04. The van der Waals surface area contributed by atoms with E-state index in [0.29, 0.717) is 13.0 Å². The summed E-state index contributed by atoms with van der Waals surface area (Å²) in [4.78, 5) is 22.9. The van der Waals surface area contributed by atoms with Gasteiger partial charge in [-0.3, -0.25) is 4.79 Å². The van der Waals surface area contributed by atoms with Crippen molar-refractivity contribution in [2.45, 2.75) is 32.4 Å². The van der Waals surface area contributed by atoms with Crippen molar-refractivity contribution >= 4 is 5.91 Å². The van der Waals surface area contributed by atoms with Crippen molar-refractivity contribution in [3.05, 3.63) is 36.9 Å². The van der Waals surface area contributed by atoms with Crippen molar-refractivity contribution in [1.82, 2.24) is 24.8 Å². The molecule has 0 aliphatic carbocycles. The number of nitrogens with one attached hydrogen (secondary N) is 2. The van der Waals surface area contributed by atoms with E-state index in [-0.39, 0.29) is 11.9 Å². The number of carbonyl (C=O) groups is 1. The number of aryl methyl sites for hydroxylation is 1. The van der Waals surface area contributed by atoms with Crippen LogP contribution < -0.4 is 5.32 Å². The summed E-state index contributed by atoms with van der Waals surface area (Å²) >= 11 is 0. The maximum Gasteiger partial charge on any atom is 0.222 e. The third-order valence-corrected chi connectivity index (χ3v) is 2.75. The Kier molecular flexibility index (Phi) is 4.11. The summed E-state index contributed by atoms with van der Waals surface area (Å²) in [5.74, 6) is 0.820. The van der Waals surface area contributed by atoms with Gasteiger partial charge in [-0.25, -0.2) is 9.97 Å². The standard InChI is InChI=1S/C12H17N5O/c1-2-10(12-14-4-5-15-12)16-11(18)3-7-17-8-6-13-9-17/h4-6,8-10H,2-3,7H2,1H3,(H,14,15)(H,16,18). The predicted octanol–water partition coefficient (Wildman–Crippen LogP) is 1.26. The number of amides is 1. The summed E-state index contributed by atoms with van der Waals surface area (Å²) < 4.78 is 1.88. The Morgan fingerprint density at radius 3 is 3.06 bits per heavy atom. The van der Waals surface area contributed by atoms with Crippen molar-refractivity contribution in [2.24, 2.45) is 0 Å². The number of carbonyl (C=O) groups excluding carboxylic acids is 1. The normalized spacial score (nSPS) is 12.3. The Labute approximate surface area is 105 Å². The average molecular weight is 247 g/mol. The second kappa shape index (κ2) is 6.00. The molecule has 0 bridgehead atoms. The molecule has 0 fully saturated rings. The summed E-state index contributed by atoms with van der Waals surface area (Å²) in [7, 11) is 0. The number of hydrogen-bond donors (Lipinski definition) is 2. The highest BCUT2D eigenvalue weighted by atomic mass is 16.1. The van der Waals surface area contributed by atoms with Crippen LogP contribution in [0.4, 0.5) is 0 Å². The van der Waals surface area contributed by atoms with Gasteiger partial charge < -0.3 is 14.9 Å². The van der Waals surface area contributed by atoms with E-state index in [1.807, 2.05) is 17.7 Å². The van der Waals surface area contributed by atoms with Crippen LogP contribution >= 0.6 is 0 Å². The van der Waals surface area contributed by atoms with E-state index < -0.39 is 0 Å². The molecule has 6 heteroatoms. The Hall–Kier alpha value is -2.11. The zero-order valence-corrected chi connectivity index (χ0v) is 10.3. The van der Waals surface area contributed by atoms with Gasteiger partial charge in [0.25, 0.3) is 0 Å². The van der Waals surface area contributed by atoms with Crippen LogP contribution in [0.5, 0.6) is 0 Å². The van der Waals surface area contributed by atoms with E-state index in [2.05, 4.69) is 20.3 Å². The maximum atomic E-state index is 11.8. The van der Waals surface area contributed by atoms with Gasteiger partial charge >= 0.3 is 0 Å². The SMILES string of the molecule is CCC(NC(=O)CCn1ccnc1)c1ncc[nH]1. The van der Waals surface area contributed by atoms with Crippen LogP contribution in [0.25, 0.3) is 0 Å². The van der Waals surface area contributed by atoms with Crippen LogP contribution in [0.15, 0.2) is 31.1 Å². The smallest absolute Gasteiger partial charge is 0.222 e. The minimum Gasteiger partial charge on any atom is -0.347 e. The molecule has 2 aromatic rings. The lowest BCUT2D eigenvalue weighted by molar-refractivity contribution is -0.122. The average Bonchev–Trinajstić information content (AvgIpc) is 3.05. The minimum absolute atomic E-state index is 0.0203. The Morgan fingerprint density at radius 1 is 1.56 bits per heavy atom. The van der Waals surface area contributed by atoms with Gasteiger partial charge in [-0.1, -0.05) is 6.92 Å². The molecular weight excluding hydrogens is 230 g/mol. The summed E-state index contributed by atoms with van der Waals surface area (Å²) in [5, 5.41) is 2.97. The molecule has 0 spiro atoms. The van der Waals surface area contributed by atoms with Gasteiger partial charge in [0.05, 0.1) is 12.4 Å². The molecule has 2 N–H and O–H groups in total. The third-order valence-electron chi connectivity index (χ3n) is 2.75. The summed E-state index contributed by atoms with van der Waals surface area (Å²) in [6.45, 7) is 2.66. The fourth-order valence-corrected chi connectivity index (χ4v) is 1.75. The predicted molar refractivity (Wildman–Crippen MR) is 66.6 cm³/mol. The van der Waals surface area contributed by atoms with Gasteiger partial charge in [-0.15, -0.1) is 0 Å². The Bertz CT molecular complexity index is 463. The number of aromatic amines is 1. The molecule has 0 radical (unpaired) electrons. The van der Waals surface area contributed by atoms with Crippen LogP contribution in [0.2, 0.25) is 0 Å². The molecule has 0 saturated carbocycles. The molecule has 18 heavy (non-hydrogen) atoms. The summed E-state index contributed by atoms with van der Waals surface area (Å²) in [5.41, 5.74) is 0. The van der Waals surface area contributed by atoms with E-state index >= 15 is 0 Å². The molecule has 1 amide bonds. The number of aromatic nitrogens is 4. The molecule has 0 aliphatic heterocycles. The second-order valence-electron chi connectivity index (χ2n) is 4.05. The van der Waals surface area contributed by atoms with E-state index in [1.165, 1.54) is 0 Å². The van der Waals surface area contributed by atoms with Crippen LogP contribution in [0, 0.1) is 0 Å². The lowest BCUT2D eigenvalue weighted by Crippen LogP contribution is -2.29. The first-order chi connectivity index (χ1) is 8.79. The van der Waals surface area contributed by atoms with Crippen molar-refractivity contribution in [3.8, 4) is 0 Å². The first-order valence-corrected chi connectivity index (χ1v) is 6.04. The van der Waals surface area contributed by atoms with Crippen molar-refractivity contribution in [3.63, 3.8) is 0 Å². The molecule has 6 nitrogen and oxygen atoms in total. The Morgan fingerprint density at radius 2 is 2.44 bits per heavy atom. The van der Waals surface area contributed by atoms with Crippen LogP contribution in [-0.2, 0) is 11.3 Å². The number of imidazole rings is 2. The van der Waals surface area contributed by atoms with Gasteiger partial charge in [-0.2, -0.15) is 0 Å². The molecule has 1 unspecified atom stereocenters. The van der Waals surface area contributed by atoms with Crippen molar-refractivity contribution in [1.29, 1.82) is 0 Å². The minimum atomic E-state index is -0.0460. The number of hydrogen-bond acceptors (Lipinski definition) is 3. The van der Waals surface area contributed by atoms with Gasteiger partial charge in [0, 0.05) is 37.8 Å². The zero-order valence-electron chi connectivity index (χ0n) is 10.3. The van der Waals surface area contributed by atoms with Gasteiger partial charge in [0.2, 0.25) is 5.91 Å². The topological polar surface area (TPSA) is 75.6 Å². The number of H-pyrrole nitrogens is 1. The summed E-state index contributed by atoms with van der Waals surface area (Å²) in [6.07, 6.45) is 9.95. The summed E-state index contributed by atoms with van der Waals surface area (Å²) in [6, 6.07) is -0.0460. The van der Waals surface area contributed by atoms with Gasteiger partial charge in [0.1, 0.15) is 5.82 Å². The van der Waals surface area contributed by atoms with E-state index in [9.17, 15) is 4.79 Å². The second-order valence-corrected chi connectivity index (χ2v) is 4.05. The maximum absolute atomic E-state index is 11.8. The van der Waals surface area contributed by atoms with Crippen molar-refractivity contribution in [2.75, 3.05) is 0 Å². The van der Waals surface area contributed by atoms with E-state index in [0.717, 1.165) is 12.2 Å². The molecule has 0 aliphatic rings. The highest BCUT2D eigenvalue weighted by Crippen LogP contribution is 2.11. The molecule has 0 saturated heterocycles. The fourth-order valence-electron chi connectivity index (χ4n) is 1.75. The zero-order chi connectivity index (χ0) is 12.8. The lowest BCUT2D eigenvalue weighted by atomic mass is 10.2. The molecule has 2 heterocycles. The van der Waals surface area contributed by atoms with E-state index in [4.69, 9.17) is 0 Å². The largest absolute Gasteiger partial charge is 0.347 e. The van der Waals surface area contributed by atoms with E-state index in [1.54, 1.807) is 24.9 Å². The first kappa shape index (κ1) is 12.3. The monoisotopic (exact) mass is 247 g/mol. The number of nitrogens with zero attached hydrogens (tertiary/aromatic N) is 3. The highest BCUT2D eigenvalue weighted by molar-refractivity contribution is 5.76. The fraction of sp³-hybridized carbons (Fsp3) is 0.417. The third kappa shape index (κ3) is 3.19. The van der Waals surface area contributed by atoms with Crippen LogP contribution in [0.1, 0.15) is 31.6 Å². The van der Waals surface area contributed by atoms with Gasteiger partial charge in [0.15, 0.2) is 0 Å². The quantitative estimate of drug-likeness (QED) is 0.807. The Balaban J connectivity index is 1.82. The molecule has 1 atom stereocenters. The lowest BCUT2D eigenvalue weighted by Gasteiger charge is -2.14. The molecule has 0 aromatic carbocycles. The number of rotatable bonds is 6. The molecular formula is C12H17N5O. The van der Waals surface area contributed by atoms with Crippen molar-refractivity contribution < 1.29 is 4.79 Å². The molecule has 2 rings (SSSR count). The van der Waals surface area contributed by atoms with Crippen LogP contribution in [0.3, 0.4) is 0 Å².